The number of aromatic nitrogens is 1. The van der Waals surface area contributed by atoms with E-state index in [9.17, 15) is 9.90 Å². The fraction of sp³-hybridized carbons (Fsp3) is 0. The Kier molecular flexibility index (Phi) is 2.81. The molecule has 0 unspecified atom stereocenters. The van der Waals surface area contributed by atoms with Crippen molar-refractivity contribution in [1.82, 2.24) is 4.98 Å². The minimum absolute atomic E-state index is 0.308. The van der Waals surface area contributed by atoms with Gasteiger partial charge in [-0.1, -0.05) is 11.6 Å². The molecule has 0 saturated carbocycles. The quantitative estimate of drug-likeness (QED) is 0.763. The van der Waals surface area contributed by atoms with Crippen LogP contribution in [0.3, 0.4) is 0 Å². The zero-order valence-electron chi connectivity index (χ0n) is 8.88. The molecule has 0 amide bonds. The molecule has 6 heteroatoms. The van der Waals surface area contributed by atoms with Crippen molar-refractivity contribution in [1.29, 1.82) is 0 Å². The molecule has 0 spiro atoms. The number of thiophene rings is 2. The van der Waals surface area contributed by atoms with Gasteiger partial charge in [0.1, 0.15) is 9.71 Å². The van der Waals surface area contributed by atoms with E-state index in [0.29, 0.717) is 14.8 Å². The molecule has 18 heavy (non-hydrogen) atoms. The van der Waals surface area contributed by atoms with Crippen LogP contribution in [0.5, 0.6) is 0 Å². The van der Waals surface area contributed by atoms with E-state index in [0.717, 1.165) is 15.1 Å². The maximum atomic E-state index is 11.3. The highest BCUT2D eigenvalue weighted by Crippen LogP contribution is 2.41. The summed E-state index contributed by atoms with van der Waals surface area (Å²) in [7, 11) is 0. The van der Waals surface area contributed by atoms with Crippen molar-refractivity contribution in [3.8, 4) is 10.4 Å². The molecule has 90 valence electrons. The molecular weight excluding hydrogens is 290 g/mol. The van der Waals surface area contributed by atoms with E-state index < -0.39 is 5.97 Å². The lowest BCUT2D eigenvalue weighted by atomic mass is 10.1. The van der Waals surface area contributed by atoms with Gasteiger partial charge in [0.15, 0.2) is 0 Å². The molecule has 0 fully saturated rings. The van der Waals surface area contributed by atoms with Gasteiger partial charge in [-0.3, -0.25) is 0 Å². The van der Waals surface area contributed by atoms with Crippen LogP contribution in [0.2, 0.25) is 4.34 Å². The largest absolute Gasteiger partial charge is 0.477 e. The zero-order chi connectivity index (χ0) is 12.7. The van der Waals surface area contributed by atoms with Gasteiger partial charge in [-0.15, -0.1) is 22.7 Å². The lowest BCUT2D eigenvalue weighted by Gasteiger charge is -1.97. The number of fused-ring (bicyclic) bond motifs is 1. The first kappa shape index (κ1) is 11.6. The van der Waals surface area contributed by atoms with Gasteiger partial charge in [0.2, 0.25) is 0 Å². The Morgan fingerprint density at radius 1 is 1.28 bits per heavy atom. The number of pyridine rings is 1. The second kappa shape index (κ2) is 4.35. The predicted octanol–water partition coefficient (Wildman–Crippen LogP) is 4.38. The highest BCUT2D eigenvalue weighted by Gasteiger charge is 2.20. The summed E-state index contributed by atoms with van der Waals surface area (Å²) in [6.45, 7) is 0. The molecule has 3 heterocycles. The van der Waals surface area contributed by atoms with E-state index in [1.807, 2.05) is 12.1 Å². The van der Waals surface area contributed by atoms with Gasteiger partial charge in [-0.25, -0.2) is 9.78 Å². The summed E-state index contributed by atoms with van der Waals surface area (Å²) in [6, 6.07) is 7.30. The Bertz CT molecular complexity index is 747. The third kappa shape index (κ3) is 1.80. The molecule has 3 aromatic heterocycles. The molecule has 0 aliphatic carbocycles. The average molecular weight is 296 g/mol. The minimum atomic E-state index is -0.933. The summed E-state index contributed by atoms with van der Waals surface area (Å²) in [4.78, 5) is 17.4. The highest BCUT2D eigenvalue weighted by molar-refractivity contribution is 7.23. The van der Waals surface area contributed by atoms with Gasteiger partial charge in [-0.2, -0.15) is 0 Å². The van der Waals surface area contributed by atoms with Crippen molar-refractivity contribution in [3.05, 3.63) is 39.7 Å². The third-order valence-corrected chi connectivity index (χ3v) is 4.83. The van der Waals surface area contributed by atoms with Crippen LogP contribution in [-0.4, -0.2) is 16.1 Å². The number of nitrogens with zero attached hydrogens (tertiary/aromatic N) is 1. The van der Waals surface area contributed by atoms with Gasteiger partial charge in [0, 0.05) is 22.0 Å². The molecule has 0 aliphatic heterocycles. The Labute approximate surface area is 115 Å². The van der Waals surface area contributed by atoms with Crippen molar-refractivity contribution in [2.75, 3.05) is 0 Å². The number of rotatable bonds is 2. The van der Waals surface area contributed by atoms with Crippen LogP contribution in [0, 0.1) is 0 Å². The lowest BCUT2D eigenvalue weighted by molar-refractivity contribution is 0.0703. The van der Waals surface area contributed by atoms with Gasteiger partial charge in [0.25, 0.3) is 0 Å². The average Bonchev–Trinajstić information content (AvgIpc) is 2.92. The Balaban J connectivity index is 2.37. The summed E-state index contributed by atoms with van der Waals surface area (Å²) in [6.07, 6.45) is 1.66. The monoisotopic (exact) mass is 295 g/mol. The van der Waals surface area contributed by atoms with Crippen molar-refractivity contribution in [2.45, 2.75) is 0 Å². The second-order valence-electron chi connectivity index (χ2n) is 3.57. The Hall–Kier alpha value is -1.43. The van der Waals surface area contributed by atoms with Gasteiger partial charge in [0.05, 0.1) is 4.34 Å². The first-order valence-electron chi connectivity index (χ1n) is 5.03. The van der Waals surface area contributed by atoms with Crippen molar-refractivity contribution >= 4 is 50.5 Å². The van der Waals surface area contributed by atoms with Crippen molar-refractivity contribution < 1.29 is 9.90 Å². The van der Waals surface area contributed by atoms with E-state index in [1.54, 1.807) is 18.3 Å². The van der Waals surface area contributed by atoms with Crippen LogP contribution < -0.4 is 0 Å². The standard InChI is InChI=1S/C12H6ClNO2S2/c13-8-4-3-7(17-8)9-6-2-1-5-14-11(6)18-10(9)12(15)16/h1-5H,(H,15,16). The van der Waals surface area contributed by atoms with Gasteiger partial charge < -0.3 is 5.11 Å². The van der Waals surface area contributed by atoms with Gasteiger partial charge >= 0.3 is 5.97 Å². The maximum Gasteiger partial charge on any atom is 0.346 e. The first-order valence-corrected chi connectivity index (χ1v) is 7.04. The van der Waals surface area contributed by atoms with E-state index in [1.165, 1.54) is 22.7 Å². The molecule has 3 aromatic rings. The maximum absolute atomic E-state index is 11.3. The molecule has 1 N–H and O–H groups in total. The van der Waals surface area contributed by atoms with E-state index in [2.05, 4.69) is 4.98 Å². The normalized spacial score (nSPS) is 10.9. The lowest BCUT2D eigenvalue weighted by Crippen LogP contribution is -1.93. The summed E-state index contributed by atoms with van der Waals surface area (Å²) >= 11 is 8.48. The number of hydrogen-bond acceptors (Lipinski definition) is 4. The number of carboxylic acid groups (broad SMARTS) is 1. The first-order chi connectivity index (χ1) is 8.66. The topological polar surface area (TPSA) is 50.2 Å². The second-order valence-corrected chi connectivity index (χ2v) is 6.29. The number of halogens is 1. The number of aromatic carboxylic acids is 1. The van der Waals surface area contributed by atoms with Crippen LogP contribution in [0.4, 0.5) is 0 Å². The number of carbonyl (C=O) groups is 1. The molecule has 0 bridgehead atoms. The van der Waals surface area contributed by atoms with Crippen LogP contribution in [0.15, 0.2) is 30.5 Å². The van der Waals surface area contributed by atoms with Crippen LogP contribution in [0.1, 0.15) is 9.67 Å². The molecule has 0 radical (unpaired) electrons. The Morgan fingerprint density at radius 3 is 2.78 bits per heavy atom. The molecule has 3 nitrogen and oxygen atoms in total. The summed E-state index contributed by atoms with van der Waals surface area (Å²) < 4.78 is 0.643. The molecular formula is C12H6ClNO2S2. The fourth-order valence-electron chi connectivity index (χ4n) is 1.78. The molecule has 0 aromatic carbocycles. The molecule has 0 atom stereocenters. The summed E-state index contributed by atoms with van der Waals surface area (Å²) in [5.74, 6) is -0.933. The number of carboxylic acids is 1. The molecule has 3 rings (SSSR count). The predicted molar refractivity (Wildman–Crippen MR) is 74.9 cm³/mol. The van der Waals surface area contributed by atoms with Crippen molar-refractivity contribution in [3.63, 3.8) is 0 Å². The molecule has 0 saturated heterocycles. The van der Waals surface area contributed by atoms with Crippen LogP contribution in [0.25, 0.3) is 20.7 Å². The van der Waals surface area contributed by atoms with E-state index >= 15 is 0 Å². The number of hydrogen-bond donors (Lipinski definition) is 1. The molecule has 0 aliphatic rings. The summed E-state index contributed by atoms with van der Waals surface area (Å²) in [5.41, 5.74) is 0.715. The van der Waals surface area contributed by atoms with Crippen LogP contribution >= 0.6 is 34.3 Å². The third-order valence-electron chi connectivity index (χ3n) is 2.48. The van der Waals surface area contributed by atoms with Crippen LogP contribution in [-0.2, 0) is 0 Å². The Morgan fingerprint density at radius 2 is 2.11 bits per heavy atom. The van der Waals surface area contributed by atoms with Crippen molar-refractivity contribution in [2.24, 2.45) is 0 Å². The smallest absolute Gasteiger partial charge is 0.346 e. The highest BCUT2D eigenvalue weighted by atomic mass is 35.5. The van der Waals surface area contributed by atoms with E-state index in [-0.39, 0.29) is 0 Å². The van der Waals surface area contributed by atoms with E-state index in [4.69, 9.17) is 11.6 Å². The van der Waals surface area contributed by atoms with Gasteiger partial charge in [-0.05, 0) is 24.3 Å². The summed E-state index contributed by atoms with van der Waals surface area (Å²) in [5, 5.41) is 10.1. The SMILES string of the molecule is O=C(O)c1sc2ncccc2c1-c1ccc(Cl)s1. The minimum Gasteiger partial charge on any atom is -0.477 e. The zero-order valence-corrected chi connectivity index (χ0v) is 11.3. The fourth-order valence-corrected chi connectivity index (χ4v) is 3.95.